The Kier molecular flexibility index (Phi) is 5.70. The van der Waals surface area contributed by atoms with Gasteiger partial charge >= 0.3 is 0 Å². The summed E-state index contributed by atoms with van der Waals surface area (Å²) in [5.41, 5.74) is 1.32. The van der Waals surface area contributed by atoms with E-state index in [1.807, 2.05) is 0 Å². The number of methoxy groups -OCH3 is 2. The molecule has 0 radical (unpaired) electrons. The number of carbonyl (C=O) groups is 1. The number of ether oxygens (including phenoxy) is 2. The average molecular weight is 435 g/mol. The van der Waals surface area contributed by atoms with Crippen molar-refractivity contribution in [1.29, 1.82) is 0 Å². The second kappa shape index (κ2) is 8.27. The van der Waals surface area contributed by atoms with E-state index in [-0.39, 0.29) is 16.7 Å². The van der Waals surface area contributed by atoms with Gasteiger partial charge in [-0.25, -0.2) is 8.42 Å². The maximum Gasteiger partial charge on any atom is 0.269 e. The van der Waals surface area contributed by atoms with Crippen molar-refractivity contribution in [1.82, 2.24) is 19.4 Å². The van der Waals surface area contributed by atoms with Crippen LogP contribution in [0.2, 0.25) is 0 Å². The zero-order valence-corrected chi connectivity index (χ0v) is 17.9. The Balaban J connectivity index is 1.58. The summed E-state index contributed by atoms with van der Waals surface area (Å²) in [5, 5.41) is 7.49. The van der Waals surface area contributed by atoms with Gasteiger partial charge in [0.2, 0.25) is 10.0 Å². The SMILES string of the molecule is COc1ccc(S(=O)(=O)N2CCCC(c3cc4n(n3)CCCNC4=O)C2)cc1OC. The molecular formula is C20H26N4O5S. The summed E-state index contributed by atoms with van der Waals surface area (Å²) in [6.45, 7) is 2.09. The first-order chi connectivity index (χ1) is 14.4. The number of aryl methyl sites for hydroxylation is 1. The topological polar surface area (TPSA) is 103 Å². The first-order valence-corrected chi connectivity index (χ1v) is 11.5. The van der Waals surface area contributed by atoms with Crippen LogP contribution in [0, 0.1) is 0 Å². The number of nitrogens with zero attached hydrogens (tertiary/aromatic N) is 3. The summed E-state index contributed by atoms with van der Waals surface area (Å²) in [4.78, 5) is 12.4. The lowest BCUT2D eigenvalue weighted by Crippen LogP contribution is -2.39. The smallest absolute Gasteiger partial charge is 0.269 e. The standard InChI is InChI=1S/C20H26N4O5S/c1-28-18-7-6-15(11-19(18)29-2)30(26,27)23-9-3-5-14(13-23)16-12-17-20(25)21-8-4-10-24(17)22-16/h6-7,11-12,14H,3-5,8-10,13H2,1-2H3,(H,21,25). The molecule has 1 aromatic heterocycles. The molecule has 0 spiro atoms. The Hall–Kier alpha value is -2.59. The predicted molar refractivity (Wildman–Crippen MR) is 109 cm³/mol. The highest BCUT2D eigenvalue weighted by atomic mass is 32.2. The van der Waals surface area contributed by atoms with Gasteiger partial charge in [-0.05, 0) is 37.5 Å². The number of sulfonamides is 1. The van der Waals surface area contributed by atoms with Gasteiger partial charge in [-0.15, -0.1) is 0 Å². The van der Waals surface area contributed by atoms with Gasteiger partial charge in [0, 0.05) is 38.2 Å². The lowest BCUT2D eigenvalue weighted by molar-refractivity contribution is 0.0950. The van der Waals surface area contributed by atoms with Crippen LogP contribution in [0.25, 0.3) is 0 Å². The van der Waals surface area contributed by atoms with Crippen molar-refractivity contribution in [3.8, 4) is 11.5 Å². The molecule has 2 aliphatic heterocycles. The van der Waals surface area contributed by atoms with Crippen LogP contribution in [-0.2, 0) is 16.6 Å². The number of amides is 1. The summed E-state index contributed by atoms with van der Waals surface area (Å²) in [5.74, 6) is 0.666. The molecule has 10 heteroatoms. The largest absolute Gasteiger partial charge is 0.493 e. The molecule has 1 N–H and O–H groups in total. The van der Waals surface area contributed by atoms with Crippen LogP contribution in [0.5, 0.6) is 11.5 Å². The zero-order valence-electron chi connectivity index (χ0n) is 17.1. The van der Waals surface area contributed by atoms with Crippen molar-refractivity contribution < 1.29 is 22.7 Å². The minimum Gasteiger partial charge on any atom is -0.493 e. The normalized spacial score (nSPS) is 20.2. The van der Waals surface area contributed by atoms with E-state index in [9.17, 15) is 13.2 Å². The monoisotopic (exact) mass is 434 g/mol. The molecule has 1 atom stereocenters. The van der Waals surface area contributed by atoms with Crippen LogP contribution in [-0.4, -0.2) is 62.3 Å². The number of hydrogen-bond acceptors (Lipinski definition) is 6. The van der Waals surface area contributed by atoms with Crippen molar-refractivity contribution in [2.24, 2.45) is 0 Å². The number of rotatable bonds is 5. The molecule has 1 saturated heterocycles. The Morgan fingerprint density at radius 1 is 1.10 bits per heavy atom. The molecule has 0 bridgehead atoms. The zero-order chi connectivity index (χ0) is 21.3. The van der Waals surface area contributed by atoms with Crippen molar-refractivity contribution in [3.63, 3.8) is 0 Å². The summed E-state index contributed by atoms with van der Waals surface area (Å²) in [6.07, 6.45) is 2.38. The first-order valence-electron chi connectivity index (χ1n) is 10.0. The molecule has 1 unspecified atom stereocenters. The molecule has 1 aromatic carbocycles. The summed E-state index contributed by atoms with van der Waals surface area (Å²) >= 11 is 0. The maximum absolute atomic E-state index is 13.3. The predicted octanol–water partition coefficient (Wildman–Crippen LogP) is 1.60. The van der Waals surface area contributed by atoms with Crippen molar-refractivity contribution in [2.75, 3.05) is 33.9 Å². The van der Waals surface area contributed by atoms with Gasteiger partial charge in [0.15, 0.2) is 11.5 Å². The highest BCUT2D eigenvalue weighted by molar-refractivity contribution is 7.89. The molecule has 0 aliphatic carbocycles. The second-order valence-electron chi connectivity index (χ2n) is 7.51. The lowest BCUT2D eigenvalue weighted by Gasteiger charge is -2.31. The fourth-order valence-corrected chi connectivity index (χ4v) is 5.58. The summed E-state index contributed by atoms with van der Waals surface area (Å²) in [6, 6.07) is 6.42. The van der Waals surface area contributed by atoms with E-state index in [4.69, 9.17) is 9.47 Å². The highest BCUT2D eigenvalue weighted by Crippen LogP contribution is 2.34. The van der Waals surface area contributed by atoms with Crippen molar-refractivity contribution >= 4 is 15.9 Å². The van der Waals surface area contributed by atoms with Gasteiger partial charge < -0.3 is 14.8 Å². The van der Waals surface area contributed by atoms with E-state index in [0.717, 1.165) is 25.0 Å². The number of hydrogen-bond donors (Lipinski definition) is 1. The second-order valence-corrected chi connectivity index (χ2v) is 9.44. The Morgan fingerprint density at radius 3 is 2.67 bits per heavy atom. The van der Waals surface area contributed by atoms with Gasteiger partial charge in [-0.2, -0.15) is 9.40 Å². The molecule has 1 fully saturated rings. The van der Waals surface area contributed by atoms with E-state index >= 15 is 0 Å². The molecular weight excluding hydrogens is 408 g/mol. The van der Waals surface area contributed by atoms with E-state index in [0.29, 0.717) is 43.4 Å². The fraction of sp³-hybridized carbons (Fsp3) is 0.500. The van der Waals surface area contributed by atoms with Gasteiger partial charge in [0.25, 0.3) is 5.91 Å². The van der Waals surface area contributed by atoms with Gasteiger partial charge in [0.1, 0.15) is 5.69 Å². The molecule has 30 heavy (non-hydrogen) atoms. The summed E-state index contributed by atoms with van der Waals surface area (Å²) < 4.78 is 40.2. The van der Waals surface area contributed by atoms with E-state index in [1.165, 1.54) is 30.7 Å². The maximum atomic E-state index is 13.3. The molecule has 4 rings (SSSR count). The molecule has 9 nitrogen and oxygen atoms in total. The molecule has 2 aliphatic rings. The van der Waals surface area contributed by atoms with Gasteiger partial charge in [-0.3, -0.25) is 9.48 Å². The lowest BCUT2D eigenvalue weighted by atomic mass is 9.96. The minimum absolute atomic E-state index is 0.0547. The minimum atomic E-state index is -3.70. The Bertz CT molecular complexity index is 1050. The first kappa shape index (κ1) is 20.7. The van der Waals surface area contributed by atoms with Crippen molar-refractivity contribution in [3.05, 3.63) is 35.7 Å². The van der Waals surface area contributed by atoms with Crippen LogP contribution in [0.15, 0.2) is 29.2 Å². The number of benzene rings is 1. The van der Waals surface area contributed by atoms with Gasteiger partial charge in [-0.1, -0.05) is 0 Å². The number of piperidine rings is 1. The molecule has 3 heterocycles. The van der Waals surface area contributed by atoms with Crippen LogP contribution >= 0.6 is 0 Å². The molecule has 162 valence electrons. The van der Waals surface area contributed by atoms with Crippen LogP contribution < -0.4 is 14.8 Å². The average Bonchev–Trinajstić information content (AvgIpc) is 3.13. The van der Waals surface area contributed by atoms with Crippen molar-refractivity contribution in [2.45, 2.75) is 36.6 Å². The third-order valence-corrected chi connectivity index (χ3v) is 7.52. The highest BCUT2D eigenvalue weighted by Gasteiger charge is 2.33. The number of nitrogens with one attached hydrogen (secondary N) is 1. The third-order valence-electron chi connectivity index (χ3n) is 5.66. The van der Waals surface area contributed by atoms with Crippen LogP contribution in [0.1, 0.15) is 41.4 Å². The number of fused-ring (bicyclic) bond motifs is 1. The van der Waals surface area contributed by atoms with E-state index in [2.05, 4.69) is 10.4 Å². The number of carbonyl (C=O) groups excluding carboxylic acids is 1. The van der Waals surface area contributed by atoms with Crippen LogP contribution in [0.3, 0.4) is 0 Å². The van der Waals surface area contributed by atoms with E-state index in [1.54, 1.807) is 16.8 Å². The molecule has 1 amide bonds. The number of aromatic nitrogens is 2. The molecule has 2 aromatic rings. The molecule has 0 saturated carbocycles. The fourth-order valence-electron chi connectivity index (χ4n) is 4.04. The van der Waals surface area contributed by atoms with Crippen LogP contribution in [0.4, 0.5) is 0 Å². The third kappa shape index (κ3) is 3.77. The van der Waals surface area contributed by atoms with Gasteiger partial charge in [0.05, 0.1) is 24.8 Å². The summed E-state index contributed by atoms with van der Waals surface area (Å²) in [7, 11) is -0.711. The quantitative estimate of drug-likeness (QED) is 0.767. The van der Waals surface area contributed by atoms with E-state index < -0.39 is 10.0 Å². The Labute approximate surface area is 176 Å². The Morgan fingerprint density at radius 2 is 1.90 bits per heavy atom.